The van der Waals surface area contributed by atoms with Gasteiger partial charge >= 0.3 is 0 Å². The Morgan fingerprint density at radius 2 is 1.80 bits per heavy atom. The van der Waals surface area contributed by atoms with Gasteiger partial charge in [-0.1, -0.05) is 37.2 Å². The molecule has 0 aliphatic rings. The monoisotopic (exact) mass is 507 g/mol. The minimum atomic E-state index is -3.89. The molecule has 0 unspecified atom stereocenters. The molecule has 0 aliphatic carbocycles. The number of nitrogens with one attached hydrogen (secondary N) is 1. The number of aromatic nitrogens is 1. The number of fused-ring (bicyclic) bond motifs is 1. The lowest BCUT2D eigenvalue weighted by molar-refractivity contribution is 0.0998. The number of terminal acetylenes is 1. The fourth-order valence-corrected chi connectivity index (χ4v) is 5.57. The third-order valence-electron chi connectivity index (χ3n) is 5.33. The molecule has 1 N–H and O–H groups in total. The van der Waals surface area contributed by atoms with Crippen molar-refractivity contribution in [3.63, 3.8) is 0 Å². The molecule has 1 amide bonds. The first-order chi connectivity index (χ1) is 16.7. The summed E-state index contributed by atoms with van der Waals surface area (Å²) in [5, 5.41) is 0. The van der Waals surface area contributed by atoms with Crippen LogP contribution in [-0.4, -0.2) is 18.9 Å². The number of hydrogen-bond acceptors (Lipinski definition) is 4. The summed E-state index contributed by atoms with van der Waals surface area (Å²) in [6, 6.07) is 16.5. The number of nitrogens with zero attached hydrogens (tertiary/aromatic N) is 2. The van der Waals surface area contributed by atoms with Crippen molar-refractivity contribution in [2.45, 2.75) is 31.2 Å². The standard InChI is InChI=1S/C26H22FN3O3S2/c1-4-15-30-23-14-7-19(17(2)3)16-24(23)34-26(30)28-25(31)18-5-10-21(11-6-18)29-35(32,33)22-12-8-20(27)9-13-22/h1,5-14,16-17,29H,15H2,2-3H3. The quantitative estimate of drug-likeness (QED) is 0.367. The number of carbonyl (C=O) groups is 1. The van der Waals surface area contributed by atoms with Gasteiger partial charge in [-0.2, -0.15) is 4.99 Å². The minimum Gasteiger partial charge on any atom is -0.305 e. The van der Waals surface area contributed by atoms with Gasteiger partial charge in [-0.15, -0.1) is 6.42 Å². The Morgan fingerprint density at radius 1 is 1.11 bits per heavy atom. The largest absolute Gasteiger partial charge is 0.305 e. The first kappa shape index (κ1) is 24.4. The number of rotatable bonds is 6. The van der Waals surface area contributed by atoms with Gasteiger partial charge in [0.15, 0.2) is 4.80 Å². The molecule has 3 aromatic carbocycles. The smallest absolute Gasteiger partial charge is 0.279 e. The maximum atomic E-state index is 13.1. The molecule has 178 valence electrons. The summed E-state index contributed by atoms with van der Waals surface area (Å²) in [4.78, 5) is 17.6. The number of hydrogen-bond donors (Lipinski definition) is 1. The van der Waals surface area contributed by atoms with E-state index in [1.807, 2.05) is 16.7 Å². The molecule has 0 bridgehead atoms. The van der Waals surface area contributed by atoms with Gasteiger partial charge in [-0.05, 0) is 72.1 Å². The molecular formula is C26H22FN3O3S2. The van der Waals surface area contributed by atoms with E-state index < -0.39 is 21.7 Å². The van der Waals surface area contributed by atoms with Crippen LogP contribution in [0.2, 0.25) is 0 Å². The zero-order chi connectivity index (χ0) is 25.2. The van der Waals surface area contributed by atoms with Gasteiger partial charge in [0.05, 0.1) is 21.7 Å². The van der Waals surface area contributed by atoms with Crippen LogP contribution in [0.4, 0.5) is 10.1 Å². The molecule has 0 saturated carbocycles. The zero-order valence-electron chi connectivity index (χ0n) is 19.0. The van der Waals surface area contributed by atoms with Crippen LogP contribution < -0.4 is 9.52 Å². The number of benzene rings is 3. The highest BCUT2D eigenvalue weighted by atomic mass is 32.2. The van der Waals surface area contributed by atoms with E-state index in [1.165, 1.54) is 53.3 Å². The van der Waals surface area contributed by atoms with Crippen molar-refractivity contribution < 1.29 is 17.6 Å². The number of anilines is 1. The summed E-state index contributed by atoms with van der Waals surface area (Å²) in [7, 11) is -3.89. The molecule has 0 spiro atoms. The Hall–Kier alpha value is -3.74. The van der Waals surface area contributed by atoms with E-state index in [2.05, 4.69) is 35.5 Å². The molecule has 1 heterocycles. The van der Waals surface area contributed by atoms with Crippen molar-refractivity contribution in [2.24, 2.45) is 4.99 Å². The third kappa shape index (κ3) is 5.34. The van der Waals surface area contributed by atoms with E-state index in [0.717, 1.165) is 22.3 Å². The van der Waals surface area contributed by atoms with Crippen molar-refractivity contribution in [1.82, 2.24) is 4.57 Å². The predicted molar refractivity (Wildman–Crippen MR) is 136 cm³/mol. The second-order valence-electron chi connectivity index (χ2n) is 8.11. The molecule has 35 heavy (non-hydrogen) atoms. The number of amides is 1. The van der Waals surface area contributed by atoms with Crippen molar-refractivity contribution in [1.29, 1.82) is 0 Å². The van der Waals surface area contributed by atoms with Gasteiger partial charge < -0.3 is 4.57 Å². The van der Waals surface area contributed by atoms with Crippen LogP contribution in [0.25, 0.3) is 10.2 Å². The van der Waals surface area contributed by atoms with Gasteiger partial charge in [0.1, 0.15) is 5.82 Å². The van der Waals surface area contributed by atoms with Crippen LogP contribution >= 0.6 is 11.3 Å². The Bertz CT molecular complexity index is 1610. The highest BCUT2D eigenvalue weighted by Gasteiger charge is 2.15. The number of sulfonamides is 1. The number of carbonyl (C=O) groups excluding carboxylic acids is 1. The zero-order valence-corrected chi connectivity index (χ0v) is 20.7. The lowest BCUT2D eigenvalue weighted by Crippen LogP contribution is -2.16. The Kier molecular flexibility index (Phi) is 6.87. The topological polar surface area (TPSA) is 80.5 Å². The average molecular weight is 508 g/mol. The molecule has 4 rings (SSSR count). The van der Waals surface area contributed by atoms with Crippen molar-refractivity contribution in [2.75, 3.05) is 4.72 Å². The molecule has 0 saturated heterocycles. The van der Waals surface area contributed by atoms with Gasteiger partial charge in [-0.3, -0.25) is 9.52 Å². The van der Waals surface area contributed by atoms with E-state index in [4.69, 9.17) is 6.42 Å². The molecule has 0 fully saturated rings. The van der Waals surface area contributed by atoms with Crippen LogP contribution in [0.1, 0.15) is 35.7 Å². The molecule has 0 atom stereocenters. The third-order valence-corrected chi connectivity index (χ3v) is 7.77. The van der Waals surface area contributed by atoms with Crippen LogP contribution in [-0.2, 0) is 16.6 Å². The van der Waals surface area contributed by atoms with Crippen LogP contribution in [0.15, 0.2) is 76.6 Å². The molecule has 0 radical (unpaired) electrons. The Balaban J connectivity index is 1.61. The molecule has 6 nitrogen and oxygen atoms in total. The SMILES string of the molecule is C#CCn1c(=NC(=O)c2ccc(NS(=O)(=O)c3ccc(F)cc3)cc2)sc2cc(C(C)C)ccc21. The second kappa shape index (κ2) is 9.86. The van der Waals surface area contributed by atoms with Gasteiger partial charge in [0, 0.05) is 11.3 Å². The van der Waals surface area contributed by atoms with Crippen LogP contribution in [0.3, 0.4) is 0 Å². The van der Waals surface area contributed by atoms with Gasteiger partial charge in [0.2, 0.25) is 0 Å². The van der Waals surface area contributed by atoms with Gasteiger partial charge in [-0.25, -0.2) is 12.8 Å². The fraction of sp³-hybridized carbons (Fsp3) is 0.154. The molecule has 9 heteroatoms. The second-order valence-corrected chi connectivity index (χ2v) is 10.8. The predicted octanol–water partition coefficient (Wildman–Crippen LogP) is 5.14. The first-order valence-corrected chi connectivity index (χ1v) is 13.0. The summed E-state index contributed by atoms with van der Waals surface area (Å²) in [6.45, 7) is 4.50. The van der Waals surface area contributed by atoms with Crippen LogP contribution in [0.5, 0.6) is 0 Å². The van der Waals surface area contributed by atoms with E-state index in [0.29, 0.717) is 16.3 Å². The summed E-state index contributed by atoms with van der Waals surface area (Å²) in [5.74, 6) is 1.97. The van der Waals surface area contributed by atoms with Gasteiger partial charge in [0.25, 0.3) is 15.9 Å². The maximum absolute atomic E-state index is 13.1. The highest BCUT2D eigenvalue weighted by Crippen LogP contribution is 2.24. The van der Waals surface area contributed by atoms with Crippen molar-refractivity contribution >= 4 is 43.2 Å². The maximum Gasteiger partial charge on any atom is 0.279 e. The first-order valence-electron chi connectivity index (χ1n) is 10.7. The number of halogens is 1. The highest BCUT2D eigenvalue weighted by molar-refractivity contribution is 7.92. The molecule has 0 aliphatic heterocycles. The Labute approximate surface area is 206 Å². The Morgan fingerprint density at radius 3 is 2.43 bits per heavy atom. The molecule has 4 aromatic rings. The molecular weight excluding hydrogens is 485 g/mol. The summed E-state index contributed by atoms with van der Waals surface area (Å²) in [5.41, 5.74) is 2.65. The van der Waals surface area contributed by atoms with E-state index in [9.17, 15) is 17.6 Å². The molecule has 1 aromatic heterocycles. The van der Waals surface area contributed by atoms with E-state index >= 15 is 0 Å². The van der Waals surface area contributed by atoms with E-state index in [1.54, 1.807) is 0 Å². The van der Waals surface area contributed by atoms with Crippen molar-refractivity contribution in [3.05, 3.63) is 88.5 Å². The summed E-state index contributed by atoms with van der Waals surface area (Å²) >= 11 is 1.39. The summed E-state index contributed by atoms with van der Waals surface area (Å²) in [6.07, 6.45) is 5.55. The average Bonchev–Trinajstić information content (AvgIpc) is 3.16. The minimum absolute atomic E-state index is 0.0718. The fourth-order valence-electron chi connectivity index (χ4n) is 3.44. The van der Waals surface area contributed by atoms with Crippen molar-refractivity contribution in [3.8, 4) is 12.3 Å². The normalized spacial score (nSPS) is 12.1. The number of thiazole rings is 1. The lowest BCUT2D eigenvalue weighted by atomic mass is 10.0. The summed E-state index contributed by atoms with van der Waals surface area (Å²) < 4.78 is 43.3. The van der Waals surface area contributed by atoms with Crippen LogP contribution in [0, 0.1) is 18.2 Å². The lowest BCUT2D eigenvalue weighted by Gasteiger charge is -2.08. The van der Waals surface area contributed by atoms with E-state index in [-0.39, 0.29) is 17.1 Å².